The van der Waals surface area contributed by atoms with Gasteiger partial charge in [0.25, 0.3) is 0 Å². The molecule has 14 heteroatoms. The van der Waals surface area contributed by atoms with E-state index in [4.69, 9.17) is 47.4 Å². The highest BCUT2D eigenvalue weighted by molar-refractivity contribution is 5.89. The number of esters is 2. The first kappa shape index (κ1) is 50.9. The molecule has 0 saturated carbocycles. The lowest BCUT2D eigenvalue weighted by molar-refractivity contribution is -0.224. The molecule has 0 aromatic carbocycles. The highest BCUT2D eigenvalue weighted by Crippen LogP contribution is 2.41. The standard InChI is InChI=1S/C21H36O7.C21H34O7/c2*1-9-10-26-21(7,11-14(2)12-22)18(25-13-24-8)15(3)17-16(4)19(23)28-20(5,6)27-17/h9,14-15,18,22H,1,10-13H2,2-8H3;9,12,14-15,18H,1,10-11,13H2,2-8H3/t2*14-,15+,18-,21-/m11/s1. The van der Waals surface area contributed by atoms with E-state index < -0.39 is 46.9 Å². The van der Waals surface area contributed by atoms with Gasteiger partial charge in [0.05, 0.1) is 47.8 Å². The zero-order chi connectivity index (χ0) is 43.1. The van der Waals surface area contributed by atoms with Gasteiger partial charge in [0.2, 0.25) is 11.6 Å². The van der Waals surface area contributed by atoms with Crippen LogP contribution in [0, 0.1) is 23.7 Å². The van der Waals surface area contributed by atoms with Crippen molar-refractivity contribution in [3.63, 3.8) is 0 Å². The van der Waals surface area contributed by atoms with Crippen molar-refractivity contribution in [3.8, 4) is 0 Å². The fourth-order valence-electron chi connectivity index (χ4n) is 7.11. The van der Waals surface area contributed by atoms with Gasteiger partial charge in [-0.15, -0.1) is 13.2 Å². The Hall–Kier alpha value is -3.11. The van der Waals surface area contributed by atoms with Crippen LogP contribution in [0.25, 0.3) is 0 Å². The molecule has 0 bridgehead atoms. The number of hydrogen-bond donors (Lipinski definition) is 1. The summed E-state index contributed by atoms with van der Waals surface area (Å²) in [5, 5.41) is 9.58. The zero-order valence-corrected chi connectivity index (χ0v) is 36.3. The summed E-state index contributed by atoms with van der Waals surface area (Å²) in [6, 6.07) is 0. The fourth-order valence-corrected chi connectivity index (χ4v) is 7.11. The first-order chi connectivity index (χ1) is 26.0. The van der Waals surface area contributed by atoms with E-state index in [1.54, 1.807) is 60.8 Å². The number of ether oxygens (including phenoxy) is 10. The maximum atomic E-state index is 12.3. The second kappa shape index (κ2) is 22.7. The Morgan fingerprint density at radius 2 is 1.09 bits per heavy atom. The maximum Gasteiger partial charge on any atom is 0.340 e. The normalized spacial score (nSPS) is 21.8. The lowest BCUT2D eigenvalue weighted by atomic mass is 9.80. The molecule has 56 heavy (non-hydrogen) atoms. The topological polar surface area (TPSA) is 164 Å². The van der Waals surface area contributed by atoms with Crippen LogP contribution in [-0.2, 0) is 61.8 Å². The average Bonchev–Trinajstić information content (AvgIpc) is 3.12. The Morgan fingerprint density at radius 1 is 0.714 bits per heavy atom. The number of methoxy groups -OCH3 is 2. The molecule has 0 unspecified atom stereocenters. The van der Waals surface area contributed by atoms with Crippen LogP contribution in [0.2, 0.25) is 0 Å². The molecule has 0 aromatic rings. The summed E-state index contributed by atoms with van der Waals surface area (Å²) in [5.74, 6) is -2.97. The lowest BCUT2D eigenvalue weighted by Crippen LogP contribution is -2.51. The van der Waals surface area contributed by atoms with Gasteiger partial charge in [-0.1, -0.05) is 39.8 Å². The average molecular weight is 799 g/mol. The Kier molecular flexibility index (Phi) is 20.7. The quantitative estimate of drug-likeness (QED) is 0.0484. The number of aliphatic hydroxyl groups is 1. The molecule has 2 aliphatic rings. The highest BCUT2D eigenvalue weighted by atomic mass is 16.7. The molecular formula is C42H70O14. The molecule has 0 aromatic heterocycles. The van der Waals surface area contributed by atoms with Crippen LogP contribution >= 0.6 is 0 Å². The predicted molar refractivity (Wildman–Crippen MR) is 210 cm³/mol. The summed E-state index contributed by atoms with van der Waals surface area (Å²) in [5.41, 5.74) is -0.850. The number of aliphatic hydroxyl groups excluding tert-OH is 1. The van der Waals surface area contributed by atoms with E-state index in [2.05, 4.69) is 13.2 Å². The Labute approximate surface area is 334 Å². The third-order valence-electron chi connectivity index (χ3n) is 9.50. The largest absolute Gasteiger partial charge is 0.456 e. The van der Waals surface area contributed by atoms with Crippen LogP contribution in [0.1, 0.15) is 95.9 Å². The Morgan fingerprint density at radius 3 is 1.41 bits per heavy atom. The van der Waals surface area contributed by atoms with E-state index in [0.717, 1.165) is 6.29 Å². The molecule has 0 fully saturated rings. The molecule has 2 heterocycles. The van der Waals surface area contributed by atoms with Crippen LogP contribution in [0.15, 0.2) is 48.0 Å². The molecule has 322 valence electrons. The van der Waals surface area contributed by atoms with Crippen LogP contribution in [0.4, 0.5) is 0 Å². The number of rotatable bonds is 24. The van der Waals surface area contributed by atoms with Crippen molar-refractivity contribution < 1.29 is 66.9 Å². The summed E-state index contributed by atoms with van der Waals surface area (Å²) < 4.78 is 57.1. The van der Waals surface area contributed by atoms with Crippen molar-refractivity contribution in [1.82, 2.24) is 0 Å². The molecule has 0 radical (unpaired) electrons. The number of aldehydes is 1. The lowest BCUT2D eigenvalue weighted by Gasteiger charge is -2.44. The Balaban J connectivity index is 0.000000560. The number of cyclic esters (lactones) is 2. The van der Waals surface area contributed by atoms with E-state index in [0.29, 0.717) is 42.1 Å². The molecule has 2 aliphatic heterocycles. The SMILES string of the molecule is C=CCO[C@](C)(C[C@@H](C)C=O)[C@H](OCOC)[C@@H](C)C1=C(C)C(=O)OC(C)(C)O1.C=CCO[C@](C)(C[C@@H](C)CO)[C@H](OCOC)[C@@H](C)C1=C(C)C(=O)OC(C)(C)O1. The molecular weight excluding hydrogens is 728 g/mol. The minimum absolute atomic E-state index is 0.0144. The van der Waals surface area contributed by atoms with Crippen LogP contribution in [-0.4, -0.2) is 106 Å². The third kappa shape index (κ3) is 14.7. The minimum Gasteiger partial charge on any atom is -0.456 e. The van der Waals surface area contributed by atoms with E-state index in [1.807, 2.05) is 41.5 Å². The van der Waals surface area contributed by atoms with Gasteiger partial charge in [-0.25, -0.2) is 9.59 Å². The van der Waals surface area contributed by atoms with Gasteiger partial charge in [-0.2, -0.15) is 0 Å². The van der Waals surface area contributed by atoms with Gasteiger partial charge in [0.1, 0.15) is 31.4 Å². The first-order valence-electron chi connectivity index (χ1n) is 19.1. The van der Waals surface area contributed by atoms with Crippen LogP contribution in [0.3, 0.4) is 0 Å². The number of hydrogen-bond acceptors (Lipinski definition) is 14. The van der Waals surface area contributed by atoms with Crippen molar-refractivity contribution in [2.24, 2.45) is 23.7 Å². The molecule has 0 saturated heterocycles. The van der Waals surface area contributed by atoms with Crippen molar-refractivity contribution in [3.05, 3.63) is 48.0 Å². The second-order valence-electron chi connectivity index (χ2n) is 16.0. The Bertz CT molecular complexity index is 1370. The van der Waals surface area contributed by atoms with Crippen molar-refractivity contribution in [1.29, 1.82) is 0 Å². The van der Waals surface area contributed by atoms with E-state index in [1.165, 1.54) is 7.11 Å². The summed E-state index contributed by atoms with van der Waals surface area (Å²) in [4.78, 5) is 35.9. The van der Waals surface area contributed by atoms with Gasteiger partial charge < -0.3 is 57.3 Å². The van der Waals surface area contributed by atoms with Crippen molar-refractivity contribution in [2.75, 3.05) is 47.6 Å². The highest BCUT2D eigenvalue weighted by Gasteiger charge is 2.47. The molecule has 0 amide bonds. The zero-order valence-electron chi connectivity index (χ0n) is 36.3. The van der Waals surface area contributed by atoms with Gasteiger partial charge in [-0.3, -0.25) is 0 Å². The van der Waals surface area contributed by atoms with E-state index >= 15 is 0 Å². The summed E-state index contributed by atoms with van der Waals surface area (Å²) in [6.07, 6.45) is 4.09. The predicted octanol–water partition coefficient (Wildman–Crippen LogP) is 6.56. The van der Waals surface area contributed by atoms with Gasteiger partial charge in [0, 0.05) is 66.3 Å². The van der Waals surface area contributed by atoms with E-state index in [-0.39, 0.29) is 50.5 Å². The van der Waals surface area contributed by atoms with Crippen molar-refractivity contribution >= 4 is 18.2 Å². The van der Waals surface area contributed by atoms with Crippen molar-refractivity contribution in [2.45, 2.75) is 131 Å². The number of carbonyl (C=O) groups is 3. The second-order valence-corrected chi connectivity index (χ2v) is 16.0. The van der Waals surface area contributed by atoms with Crippen LogP contribution < -0.4 is 0 Å². The molecule has 1 N–H and O–H groups in total. The number of carbonyl (C=O) groups excluding carboxylic acids is 3. The molecule has 0 aliphatic carbocycles. The summed E-state index contributed by atoms with van der Waals surface area (Å²) in [7, 11) is 3.07. The molecule has 8 atom stereocenters. The maximum absolute atomic E-state index is 12.3. The summed E-state index contributed by atoms with van der Waals surface area (Å²) >= 11 is 0. The van der Waals surface area contributed by atoms with E-state index in [9.17, 15) is 19.5 Å². The summed E-state index contributed by atoms with van der Waals surface area (Å²) in [6.45, 7) is 29.6. The van der Waals surface area contributed by atoms with Crippen LogP contribution in [0.5, 0.6) is 0 Å². The van der Waals surface area contributed by atoms with Gasteiger partial charge in [-0.05, 0) is 46.5 Å². The van der Waals surface area contributed by atoms with Gasteiger partial charge in [0.15, 0.2) is 0 Å². The molecule has 2 rings (SSSR count). The molecule has 14 nitrogen and oxygen atoms in total. The smallest absolute Gasteiger partial charge is 0.340 e. The third-order valence-corrected chi connectivity index (χ3v) is 9.50. The fraction of sp³-hybridized carbons (Fsp3) is 0.738. The van der Waals surface area contributed by atoms with Gasteiger partial charge >= 0.3 is 11.9 Å². The monoisotopic (exact) mass is 798 g/mol. The first-order valence-corrected chi connectivity index (χ1v) is 19.1. The minimum atomic E-state index is -1.08. The molecule has 0 spiro atoms.